The minimum atomic E-state index is -3.65. The maximum absolute atomic E-state index is 12.6. The lowest BCUT2D eigenvalue weighted by Gasteiger charge is -2.30. The van der Waals surface area contributed by atoms with Crippen LogP contribution in [0.1, 0.15) is 31.2 Å². The van der Waals surface area contributed by atoms with Crippen LogP contribution in [0.15, 0.2) is 23.1 Å². The van der Waals surface area contributed by atoms with Crippen LogP contribution in [0.2, 0.25) is 0 Å². The number of aryl methyl sites for hydroxylation is 1. The maximum Gasteiger partial charge on any atom is 0.244 e. The molecule has 5 nitrogen and oxygen atoms in total. The molecule has 0 aromatic heterocycles. The molecule has 0 heterocycles. The Labute approximate surface area is 126 Å². The number of aliphatic hydroxyl groups excluding tert-OH is 1. The zero-order chi connectivity index (χ0) is 15.5. The van der Waals surface area contributed by atoms with Gasteiger partial charge in [-0.05, 0) is 43.4 Å². The first-order valence-electron chi connectivity index (χ1n) is 7.25. The molecule has 2 atom stereocenters. The Hall–Kier alpha value is -1.11. The predicted octanol–water partition coefficient (Wildman–Crippen LogP) is 1.83. The molecule has 1 aromatic carbocycles. The summed E-state index contributed by atoms with van der Waals surface area (Å²) in [6, 6.07) is 4.88. The summed E-state index contributed by atoms with van der Waals surface area (Å²) in [5, 5.41) is 9.41. The SMILES string of the molecule is COc1ccc(C)cc1S(=O)(=O)N[C@H]1CCCC[C@H]1CO. The first-order chi connectivity index (χ1) is 9.97. The van der Waals surface area contributed by atoms with Gasteiger partial charge in [-0.1, -0.05) is 18.9 Å². The van der Waals surface area contributed by atoms with E-state index in [4.69, 9.17) is 4.74 Å². The summed E-state index contributed by atoms with van der Waals surface area (Å²) in [6.07, 6.45) is 3.64. The average molecular weight is 313 g/mol. The third kappa shape index (κ3) is 3.75. The number of sulfonamides is 1. The van der Waals surface area contributed by atoms with E-state index in [2.05, 4.69) is 4.72 Å². The zero-order valence-electron chi connectivity index (χ0n) is 12.5. The lowest BCUT2D eigenvalue weighted by molar-refractivity contribution is 0.164. The molecule has 1 saturated carbocycles. The highest BCUT2D eigenvalue weighted by Gasteiger charge is 2.30. The fourth-order valence-electron chi connectivity index (χ4n) is 2.84. The fraction of sp³-hybridized carbons (Fsp3) is 0.600. The largest absolute Gasteiger partial charge is 0.495 e. The second-order valence-corrected chi connectivity index (χ2v) is 7.29. The molecule has 0 saturated heterocycles. The molecule has 0 spiro atoms. The zero-order valence-corrected chi connectivity index (χ0v) is 13.3. The molecule has 0 aliphatic heterocycles. The van der Waals surface area contributed by atoms with E-state index >= 15 is 0 Å². The van der Waals surface area contributed by atoms with Crippen molar-refractivity contribution in [1.82, 2.24) is 4.72 Å². The first kappa shape index (κ1) is 16.3. The number of methoxy groups -OCH3 is 1. The van der Waals surface area contributed by atoms with E-state index in [0.717, 1.165) is 31.2 Å². The molecule has 1 fully saturated rings. The van der Waals surface area contributed by atoms with Gasteiger partial charge in [0.05, 0.1) is 7.11 Å². The normalized spacial score (nSPS) is 23.0. The van der Waals surface area contributed by atoms with Crippen LogP contribution in [0.4, 0.5) is 0 Å². The number of hydrogen-bond donors (Lipinski definition) is 2. The summed E-state index contributed by atoms with van der Waals surface area (Å²) in [6.45, 7) is 1.85. The maximum atomic E-state index is 12.6. The average Bonchev–Trinajstić information content (AvgIpc) is 2.47. The molecule has 1 aromatic rings. The highest BCUT2D eigenvalue weighted by molar-refractivity contribution is 7.89. The van der Waals surface area contributed by atoms with Crippen molar-refractivity contribution in [3.05, 3.63) is 23.8 Å². The van der Waals surface area contributed by atoms with Crippen molar-refractivity contribution >= 4 is 10.0 Å². The van der Waals surface area contributed by atoms with Crippen molar-refractivity contribution in [1.29, 1.82) is 0 Å². The lowest BCUT2D eigenvalue weighted by atomic mass is 9.86. The van der Waals surface area contributed by atoms with Crippen molar-refractivity contribution < 1.29 is 18.3 Å². The van der Waals surface area contributed by atoms with Gasteiger partial charge < -0.3 is 9.84 Å². The Morgan fingerprint density at radius 2 is 2.05 bits per heavy atom. The van der Waals surface area contributed by atoms with Gasteiger partial charge in [-0.15, -0.1) is 0 Å². The van der Waals surface area contributed by atoms with E-state index < -0.39 is 10.0 Å². The Balaban J connectivity index is 2.27. The van der Waals surface area contributed by atoms with Gasteiger partial charge in [0.2, 0.25) is 10.0 Å². The standard InChI is InChI=1S/C15H23NO4S/c1-11-7-8-14(20-2)15(9-11)21(18,19)16-13-6-4-3-5-12(13)10-17/h7-9,12-13,16-17H,3-6,10H2,1-2H3/t12-,13-/m0/s1. The van der Waals surface area contributed by atoms with Gasteiger partial charge in [-0.2, -0.15) is 0 Å². The summed E-state index contributed by atoms with van der Waals surface area (Å²) >= 11 is 0. The van der Waals surface area contributed by atoms with Crippen LogP contribution in [0.3, 0.4) is 0 Å². The summed E-state index contributed by atoms with van der Waals surface area (Å²) in [4.78, 5) is 0.160. The van der Waals surface area contributed by atoms with Gasteiger partial charge in [0.1, 0.15) is 10.6 Å². The van der Waals surface area contributed by atoms with E-state index in [9.17, 15) is 13.5 Å². The molecule has 2 rings (SSSR count). The number of hydrogen-bond acceptors (Lipinski definition) is 4. The van der Waals surface area contributed by atoms with Gasteiger partial charge >= 0.3 is 0 Å². The van der Waals surface area contributed by atoms with E-state index in [1.54, 1.807) is 12.1 Å². The van der Waals surface area contributed by atoms with Gasteiger partial charge in [0.15, 0.2) is 0 Å². The minimum Gasteiger partial charge on any atom is -0.495 e. The Kier molecular flexibility index (Phi) is 5.24. The number of nitrogens with one attached hydrogen (secondary N) is 1. The summed E-state index contributed by atoms with van der Waals surface area (Å²) in [7, 11) is -2.20. The second-order valence-electron chi connectivity index (χ2n) is 5.61. The topological polar surface area (TPSA) is 75.6 Å². The van der Waals surface area contributed by atoms with Gasteiger partial charge in [0, 0.05) is 12.6 Å². The smallest absolute Gasteiger partial charge is 0.244 e. The van der Waals surface area contributed by atoms with Crippen molar-refractivity contribution in [2.24, 2.45) is 5.92 Å². The molecular formula is C15H23NO4S. The third-order valence-electron chi connectivity index (χ3n) is 4.06. The molecule has 0 unspecified atom stereocenters. The van der Waals surface area contributed by atoms with Crippen LogP contribution >= 0.6 is 0 Å². The van der Waals surface area contributed by atoms with Crippen LogP contribution in [-0.4, -0.2) is 33.3 Å². The van der Waals surface area contributed by atoms with Crippen molar-refractivity contribution in [3.8, 4) is 5.75 Å². The fourth-order valence-corrected chi connectivity index (χ4v) is 4.43. The van der Waals surface area contributed by atoms with Crippen LogP contribution in [-0.2, 0) is 10.0 Å². The van der Waals surface area contributed by atoms with Crippen LogP contribution in [0.5, 0.6) is 5.75 Å². The molecule has 1 aliphatic carbocycles. The third-order valence-corrected chi connectivity index (χ3v) is 5.57. The summed E-state index contributed by atoms with van der Waals surface area (Å²) in [5.74, 6) is 0.328. The first-order valence-corrected chi connectivity index (χ1v) is 8.74. The van der Waals surface area contributed by atoms with Gasteiger partial charge in [-0.25, -0.2) is 13.1 Å². The molecule has 118 valence electrons. The highest BCUT2D eigenvalue weighted by Crippen LogP contribution is 2.28. The predicted molar refractivity (Wildman–Crippen MR) is 80.9 cm³/mol. The molecule has 0 radical (unpaired) electrons. The number of aliphatic hydroxyl groups is 1. The molecular weight excluding hydrogens is 290 g/mol. The Morgan fingerprint density at radius 1 is 1.33 bits per heavy atom. The number of benzene rings is 1. The summed E-state index contributed by atoms with van der Waals surface area (Å²) in [5.41, 5.74) is 0.860. The Morgan fingerprint density at radius 3 is 2.71 bits per heavy atom. The van der Waals surface area contributed by atoms with E-state index in [0.29, 0.717) is 5.75 Å². The van der Waals surface area contributed by atoms with E-state index in [-0.39, 0.29) is 23.5 Å². The Bertz CT molecular complexity index is 585. The van der Waals surface area contributed by atoms with E-state index in [1.165, 1.54) is 7.11 Å². The van der Waals surface area contributed by atoms with Crippen molar-refractivity contribution in [2.45, 2.75) is 43.5 Å². The molecule has 6 heteroatoms. The molecule has 0 bridgehead atoms. The minimum absolute atomic E-state index is 0.00988. The molecule has 2 N–H and O–H groups in total. The van der Waals surface area contributed by atoms with Gasteiger partial charge in [0.25, 0.3) is 0 Å². The van der Waals surface area contributed by atoms with Crippen molar-refractivity contribution in [2.75, 3.05) is 13.7 Å². The lowest BCUT2D eigenvalue weighted by Crippen LogP contribution is -2.43. The highest BCUT2D eigenvalue weighted by atomic mass is 32.2. The van der Waals surface area contributed by atoms with Crippen molar-refractivity contribution in [3.63, 3.8) is 0 Å². The molecule has 0 amide bonds. The van der Waals surface area contributed by atoms with Crippen LogP contribution < -0.4 is 9.46 Å². The second kappa shape index (κ2) is 6.77. The monoisotopic (exact) mass is 313 g/mol. The molecule has 1 aliphatic rings. The number of ether oxygens (including phenoxy) is 1. The van der Waals surface area contributed by atoms with Crippen LogP contribution in [0.25, 0.3) is 0 Å². The summed E-state index contributed by atoms with van der Waals surface area (Å²) < 4.78 is 33.1. The molecule has 21 heavy (non-hydrogen) atoms. The number of rotatable bonds is 5. The van der Waals surface area contributed by atoms with E-state index in [1.807, 2.05) is 13.0 Å². The van der Waals surface area contributed by atoms with Crippen LogP contribution in [0, 0.1) is 12.8 Å². The quantitative estimate of drug-likeness (QED) is 0.869. The van der Waals surface area contributed by atoms with Gasteiger partial charge in [-0.3, -0.25) is 0 Å².